The topological polar surface area (TPSA) is 92.8 Å². The minimum atomic E-state index is -3.83. The highest BCUT2D eigenvalue weighted by atomic mass is 32.2. The van der Waals surface area contributed by atoms with Crippen molar-refractivity contribution in [3.8, 4) is 0 Å². The minimum Gasteiger partial charge on any atom is -0.465 e. The molecule has 1 amide bonds. The van der Waals surface area contributed by atoms with Crippen molar-refractivity contribution >= 4 is 45.0 Å². The van der Waals surface area contributed by atoms with Crippen LogP contribution in [0.1, 0.15) is 52.9 Å². The average molecular weight is 461 g/mol. The molecular formula is C19H28N2O5S3. The molecule has 162 valence electrons. The number of nitrogens with zero attached hydrogens (tertiary/aromatic N) is 1. The Morgan fingerprint density at radius 1 is 1.28 bits per heavy atom. The van der Waals surface area contributed by atoms with Crippen LogP contribution in [0, 0.1) is 5.92 Å². The van der Waals surface area contributed by atoms with Gasteiger partial charge in [-0.2, -0.15) is 11.8 Å². The standard InChI is InChI=1S/C19H28N2O5S3/c1-26-18(23)17-14-8-9-21(16(22)12-27-2)11-15(14)28-19(17)29(24,25)20-10-13-6-4-3-5-7-13/h13,20H,3-12H2,1-2H3. The number of sulfonamides is 1. The lowest BCUT2D eigenvalue weighted by Crippen LogP contribution is -2.36. The third-order valence-electron chi connectivity index (χ3n) is 5.57. The Hall–Kier alpha value is -1.10. The Labute approximate surface area is 180 Å². The zero-order valence-corrected chi connectivity index (χ0v) is 19.3. The molecule has 1 fully saturated rings. The molecule has 29 heavy (non-hydrogen) atoms. The molecule has 0 saturated heterocycles. The molecule has 1 aromatic heterocycles. The molecule has 0 atom stereocenters. The predicted molar refractivity (Wildman–Crippen MR) is 115 cm³/mol. The van der Waals surface area contributed by atoms with Crippen molar-refractivity contribution in [1.82, 2.24) is 9.62 Å². The van der Waals surface area contributed by atoms with Gasteiger partial charge in [0.25, 0.3) is 10.0 Å². The van der Waals surface area contributed by atoms with Gasteiger partial charge in [0.1, 0.15) is 4.21 Å². The first-order chi connectivity index (χ1) is 13.9. The zero-order valence-electron chi connectivity index (χ0n) is 16.9. The first-order valence-corrected chi connectivity index (χ1v) is 13.6. The van der Waals surface area contributed by atoms with Crippen LogP contribution in [0.25, 0.3) is 0 Å². The van der Waals surface area contributed by atoms with Crippen molar-refractivity contribution in [3.05, 3.63) is 16.0 Å². The molecule has 1 saturated carbocycles. The van der Waals surface area contributed by atoms with Gasteiger partial charge in [0.2, 0.25) is 5.91 Å². The van der Waals surface area contributed by atoms with E-state index in [4.69, 9.17) is 4.74 Å². The number of amides is 1. The van der Waals surface area contributed by atoms with Gasteiger partial charge in [-0.05, 0) is 37.0 Å². The van der Waals surface area contributed by atoms with Gasteiger partial charge >= 0.3 is 5.97 Å². The molecule has 10 heteroatoms. The molecule has 0 unspecified atom stereocenters. The number of nitrogens with one attached hydrogen (secondary N) is 1. The van der Waals surface area contributed by atoms with Crippen LogP contribution in [0.5, 0.6) is 0 Å². The van der Waals surface area contributed by atoms with Crippen LogP contribution >= 0.6 is 23.1 Å². The number of methoxy groups -OCH3 is 1. The number of hydrogen-bond acceptors (Lipinski definition) is 7. The summed E-state index contributed by atoms with van der Waals surface area (Å²) in [5, 5.41) is 0. The number of esters is 1. The van der Waals surface area contributed by atoms with E-state index in [1.54, 1.807) is 4.90 Å². The van der Waals surface area contributed by atoms with E-state index in [0.29, 0.717) is 43.3 Å². The van der Waals surface area contributed by atoms with E-state index in [-0.39, 0.29) is 15.7 Å². The molecule has 0 bridgehead atoms. The summed E-state index contributed by atoms with van der Waals surface area (Å²) in [6.45, 7) is 1.20. The van der Waals surface area contributed by atoms with Crippen molar-refractivity contribution in [2.75, 3.05) is 32.2 Å². The maximum absolute atomic E-state index is 13.1. The summed E-state index contributed by atoms with van der Waals surface area (Å²) in [5.41, 5.74) is 0.841. The largest absolute Gasteiger partial charge is 0.465 e. The summed E-state index contributed by atoms with van der Waals surface area (Å²) in [6.07, 6.45) is 7.85. The lowest BCUT2D eigenvalue weighted by atomic mass is 9.90. The maximum atomic E-state index is 13.1. The second kappa shape index (κ2) is 9.80. The second-order valence-corrected chi connectivity index (χ2v) is 11.4. The van der Waals surface area contributed by atoms with Gasteiger partial charge < -0.3 is 9.64 Å². The van der Waals surface area contributed by atoms with Crippen molar-refractivity contribution in [2.45, 2.75) is 49.3 Å². The van der Waals surface area contributed by atoms with Gasteiger partial charge in [0, 0.05) is 18.0 Å². The number of thiophene rings is 1. The average Bonchev–Trinajstić information content (AvgIpc) is 3.12. The van der Waals surface area contributed by atoms with Gasteiger partial charge in [-0.15, -0.1) is 11.3 Å². The van der Waals surface area contributed by atoms with Gasteiger partial charge in [-0.3, -0.25) is 4.79 Å². The number of fused-ring (bicyclic) bond motifs is 1. The molecular weight excluding hydrogens is 432 g/mol. The normalized spacial score (nSPS) is 17.8. The quantitative estimate of drug-likeness (QED) is 0.629. The van der Waals surface area contributed by atoms with Crippen LogP contribution in [0.3, 0.4) is 0 Å². The highest BCUT2D eigenvalue weighted by molar-refractivity contribution is 7.99. The first-order valence-electron chi connectivity index (χ1n) is 9.86. The van der Waals surface area contributed by atoms with Crippen molar-refractivity contribution < 1.29 is 22.7 Å². The Morgan fingerprint density at radius 3 is 2.66 bits per heavy atom. The van der Waals surface area contributed by atoms with Crippen LogP contribution in [-0.4, -0.2) is 57.4 Å². The number of hydrogen-bond donors (Lipinski definition) is 1. The van der Waals surface area contributed by atoms with E-state index in [1.165, 1.54) is 25.3 Å². The van der Waals surface area contributed by atoms with E-state index < -0.39 is 16.0 Å². The molecule has 7 nitrogen and oxygen atoms in total. The molecule has 1 N–H and O–H groups in total. The fourth-order valence-electron chi connectivity index (χ4n) is 3.99. The molecule has 2 heterocycles. The van der Waals surface area contributed by atoms with Crippen LogP contribution < -0.4 is 4.72 Å². The summed E-state index contributed by atoms with van der Waals surface area (Å²) in [7, 11) is -2.57. The van der Waals surface area contributed by atoms with Gasteiger partial charge in [0.05, 0.1) is 25.0 Å². The van der Waals surface area contributed by atoms with E-state index >= 15 is 0 Å². The molecule has 1 aliphatic heterocycles. The van der Waals surface area contributed by atoms with Crippen LogP contribution in [-0.2, 0) is 32.5 Å². The molecule has 0 radical (unpaired) electrons. The zero-order chi connectivity index (χ0) is 21.0. The van der Waals surface area contributed by atoms with Crippen LogP contribution in [0.15, 0.2) is 4.21 Å². The number of rotatable bonds is 7. The van der Waals surface area contributed by atoms with Crippen LogP contribution in [0.4, 0.5) is 0 Å². The predicted octanol–water partition coefficient (Wildman–Crippen LogP) is 2.64. The van der Waals surface area contributed by atoms with Gasteiger partial charge in [-0.1, -0.05) is 19.3 Å². The third-order valence-corrected chi connectivity index (χ3v) is 9.26. The fraction of sp³-hybridized carbons (Fsp3) is 0.684. The minimum absolute atomic E-state index is 0.0179. The van der Waals surface area contributed by atoms with Crippen molar-refractivity contribution in [1.29, 1.82) is 0 Å². The summed E-state index contributed by atoms with van der Waals surface area (Å²) in [6, 6.07) is 0. The molecule has 2 aliphatic rings. The SMILES string of the molecule is COC(=O)c1c(S(=O)(=O)NCC2CCCCC2)sc2c1CCN(C(=O)CSC)C2. The first kappa shape index (κ1) is 22.6. The Balaban J connectivity index is 1.86. The molecule has 3 rings (SSSR count). The van der Waals surface area contributed by atoms with Gasteiger partial charge in [-0.25, -0.2) is 17.9 Å². The summed E-state index contributed by atoms with van der Waals surface area (Å²) in [5.74, 6) is 0.119. The Kier molecular flexibility index (Phi) is 7.63. The molecule has 1 aliphatic carbocycles. The van der Waals surface area contributed by atoms with E-state index in [0.717, 1.165) is 41.9 Å². The lowest BCUT2D eigenvalue weighted by Gasteiger charge is -2.27. The Morgan fingerprint density at radius 2 is 2.00 bits per heavy atom. The fourth-order valence-corrected chi connectivity index (χ4v) is 7.48. The molecule has 0 aromatic carbocycles. The van der Waals surface area contributed by atoms with Gasteiger partial charge in [0.15, 0.2) is 0 Å². The molecule has 1 aromatic rings. The number of ether oxygens (including phenoxy) is 1. The lowest BCUT2D eigenvalue weighted by molar-refractivity contribution is -0.129. The van der Waals surface area contributed by atoms with Crippen molar-refractivity contribution in [2.24, 2.45) is 5.92 Å². The third kappa shape index (κ3) is 5.15. The van der Waals surface area contributed by atoms with E-state index in [1.807, 2.05) is 6.26 Å². The van der Waals surface area contributed by atoms with E-state index in [9.17, 15) is 18.0 Å². The number of carbonyl (C=O) groups is 2. The summed E-state index contributed by atoms with van der Waals surface area (Å²) < 4.78 is 33.8. The summed E-state index contributed by atoms with van der Waals surface area (Å²) in [4.78, 5) is 27.2. The highest BCUT2D eigenvalue weighted by Crippen LogP contribution is 2.37. The monoisotopic (exact) mass is 460 g/mol. The van der Waals surface area contributed by atoms with Crippen LogP contribution in [0.2, 0.25) is 0 Å². The number of carbonyl (C=O) groups excluding carboxylic acids is 2. The maximum Gasteiger partial charge on any atom is 0.340 e. The smallest absolute Gasteiger partial charge is 0.340 e. The van der Waals surface area contributed by atoms with E-state index in [2.05, 4.69) is 4.72 Å². The summed E-state index contributed by atoms with van der Waals surface area (Å²) >= 11 is 2.54. The molecule has 0 spiro atoms. The Bertz CT molecular complexity index is 859. The second-order valence-electron chi connectivity index (χ2n) is 7.51. The highest BCUT2D eigenvalue weighted by Gasteiger charge is 2.35. The number of thioether (sulfide) groups is 1. The van der Waals surface area contributed by atoms with Crippen molar-refractivity contribution in [3.63, 3.8) is 0 Å².